The molecule has 0 amide bonds. The van der Waals surface area contributed by atoms with Crippen molar-refractivity contribution in [2.75, 3.05) is 0 Å². The normalized spacial score (nSPS) is 11.6. The molecule has 1 heteroatoms. The van der Waals surface area contributed by atoms with Gasteiger partial charge >= 0.3 is 0 Å². The SMILES string of the molecule is CC(C)c1ccc(C(C)(C)CCCc2cccc(Oc3ccccc3)c2)cc1. The number of hydrogen-bond donors (Lipinski definition) is 0. The first-order chi connectivity index (χ1) is 13.4. The Morgan fingerprint density at radius 2 is 1.46 bits per heavy atom. The highest BCUT2D eigenvalue weighted by molar-refractivity contribution is 5.34. The van der Waals surface area contributed by atoms with Crippen LogP contribution in [0.3, 0.4) is 0 Å². The minimum Gasteiger partial charge on any atom is -0.457 e. The van der Waals surface area contributed by atoms with Gasteiger partial charge in [-0.05, 0) is 71.6 Å². The summed E-state index contributed by atoms with van der Waals surface area (Å²) in [6.07, 6.45) is 3.39. The molecule has 3 rings (SSSR count). The van der Waals surface area contributed by atoms with E-state index in [1.165, 1.54) is 16.7 Å². The highest BCUT2D eigenvalue weighted by Gasteiger charge is 2.20. The summed E-state index contributed by atoms with van der Waals surface area (Å²) in [6, 6.07) is 27.6. The zero-order valence-electron chi connectivity index (χ0n) is 17.6. The molecule has 0 N–H and O–H groups in total. The summed E-state index contributed by atoms with van der Waals surface area (Å²) in [6.45, 7) is 9.20. The van der Waals surface area contributed by atoms with Gasteiger partial charge in [-0.2, -0.15) is 0 Å². The van der Waals surface area contributed by atoms with Gasteiger partial charge in [-0.25, -0.2) is 0 Å². The molecule has 0 atom stereocenters. The number of rotatable bonds is 8. The van der Waals surface area contributed by atoms with Gasteiger partial charge in [-0.1, -0.05) is 82.3 Å². The minimum atomic E-state index is 0.188. The van der Waals surface area contributed by atoms with E-state index in [2.05, 4.69) is 70.2 Å². The lowest BCUT2D eigenvalue weighted by molar-refractivity contribution is 0.459. The lowest BCUT2D eigenvalue weighted by Crippen LogP contribution is -2.17. The van der Waals surface area contributed by atoms with Crippen molar-refractivity contribution >= 4 is 0 Å². The van der Waals surface area contributed by atoms with Crippen LogP contribution in [0.15, 0.2) is 78.9 Å². The Hall–Kier alpha value is -2.54. The van der Waals surface area contributed by atoms with Gasteiger partial charge in [0.15, 0.2) is 0 Å². The minimum absolute atomic E-state index is 0.188. The molecule has 0 saturated heterocycles. The average molecular weight is 373 g/mol. The van der Waals surface area contributed by atoms with Crippen LogP contribution in [0.1, 0.15) is 63.1 Å². The molecule has 28 heavy (non-hydrogen) atoms. The van der Waals surface area contributed by atoms with Crippen LogP contribution in [0.4, 0.5) is 0 Å². The van der Waals surface area contributed by atoms with Crippen molar-refractivity contribution in [3.63, 3.8) is 0 Å². The van der Waals surface area contributed by atoms with Crippen molar-refractivity contribution in [3.8, 4) is 11.5 Å². The third-order valence-corrected chi connectivity index (χ3v) is 5.50. The van der Waals surface area contributed by atoms with E-state index in [9.17, 15) is 0 Å². The molecule has 0 aliphatic carbocycles. The van der Waals surface area contributed by atoms with Crippen LogP contribution in [-0.2, 0) is 11.8 Å². The van der Waals surface area contributed by atoms with E-state index >= 15 is 0 Å². The first kappa shape index (κ1) is 20.2. The number of aryl methyl sites for hydroxylation is 1. The van der Waals surface area contributed by atoms with E-state index in [0.717, 1.165) is 30.8 Å². The van der Waals surface area contributed by atoms with Crippen molar-refractivity contribution in [1.82, 2.24) is 0 Å². The van der Waals surface area contributed by atoms with Gasteiger partial charge in [-0.15, -0.1) is 0 Å². The van der Waals surface area contributed by atoms with Crippen LogP contribution < -0.4 is 4.74 Å². The van der Waals surface area contributed by atoms with Crippen LogP contribution in [0.25, 0.3) is 0 Å². The molecule has 0 radical (unpaired) electrons. The number of ether oxygens (including phenoxy) is 1. The van der Waals surface area contributed by atoms with Crippen LogP contribution in [0, 0.1) is 0 Å². The molecule has 146 valence electrons. The molecule has 0 aromatic heterocycles. The van der Waals surface area contributed by atoms with Gasteiger partial charge in [0.05, 0.1) is 0 Å². The molecular weight excluding hydrogens is 340 g/mol. The smallest absolute Gasteiger partial charge is 0.127 e. The maximum atomic E-state index is 5.97. The van der Waals surface area contributed by atoms with E-state index in [4.69, 9.17) is 4.74 Å². The Bertz CT molecular complexity index is 860. The molecule has 3 aromatic rings. The second-order valence-electron chi connectivity index (χ2n) is 8.58. The van der Waals surface area contributed by atoms with Gasteiger partial charge in [0.25, 0.3) is 0 Å². The Kier molecular flexibility index (Phi) is 6.57. The summed E-state index contributed by atoms with van der Waals surface area (Å²) in [5, 5.41) is 0. The summed E-state index contributed by atoms with van der Waals surface area (Å²) in [5.41, 5.74) is 4.36. The topological polar surface area (TPSA) is 9.23 Å². The van der Waals surface area contributed by atoms with Crippen LogP contribution in [0.5, 0.6) is 11.5 Å². The summed E-state index contributed by atoms with van der Waals surface area (Å²) < 4.78 is 5.97. The van der Waals surface area contributed by atoms with Gasteiger partial charge in [0.1, 0.15) is 11.5 Å². The van der Waals surface area contributed by atoms with E-state index in [1.54, 1.807) is 0 Å². The Morgan fingerprint density at radius 1 is 0.786 bits per heavy atom. The fourth-order valence-electron chi connectivity index (χ4n) is 3.59. The molecule has 0 spiro atoms. The molecule has 0 bridgehead atoms. The lowest BCUT2D eigenvalue weighted by atomic mass is 9.79. The highest BCUT2D eigenvalue weighted by atomic mass is 16.5. The number of para-hydroxylation sites is 1. The van der Waals surface area contributed by atoms with Crippen molar-refractivity contribution in [2.45, 2.75) is 58.3 Å². The van der Waals surface area contributed by atoms with Crippen molar-refractivity contribution in [2.24, 2.45) is 0 Å². The molecule has 0 aliphatic heterocycles. The maximum Gasteiger partial charge on any atom is 0.127 e. The second-order valence-corrected chi connectivity index (χ2v) is 8.58. The van der Waals surface area contributed by atoms with Crippen LogP contribution in [0.2, 0.25) is 0 Å². The Labute approximate surface area is 170 Å². The standard InChI is InChI=1S/C27H32O/c1-21(2)23-15-17-24(18-16-23)27(3,4)19-9-11-22-10-8-14-26(20-22)28-25-12-6-5-7-13-25/h5-8,10,12-18,20-21H,9,11,19H2,1-4H3. The number of hydrogen-bond acceptors (Lipinski definition) is 1. The Balaban J connectivity index is 1.57. The first-order valence-corrected chi connectivity index (χ1v) is 10.4. The van der Waals surface area contributed by atoms with E-state index in [1.807, 2.05) is 36.4 Å². The van der Waals surface area contributed by atoms with Gasteiger partial charge < -0.3 is 4.74 Å². The Morgan fingerprint density at radius 3 is 2.14 bits per heavy atom. The number of benzene rings is 3. The van der Waals surface area contributed by atoms with Gasteiger partial charge in [0.2, 0.25) is 0 Å². The molecule has 0 fully saturated rings. The predicted molar refractivity (Wildman–Crippen MR) is 119 cm³/mol. The first-order valence-electron chi connectivity index (χ1n) is 10.4. The zero-order chi connectivity index (χ0) is 20.0. The zero-order valence-corrected chi connectivity index (χ0v) is 17.6. The average Bonchev–Trinajstić information content (AvgIpc) is 2.69. The summed E-state index contributed by atoms with van der Waals surface area (Å²) in [7, 11) is 0. The quantitative estimate of drug-likeness (QED) is 0.390. The molecule has 0 aliphatic rings. The second kappa shape index (κ2) is 9.10. The summed E-state index contributed by atoms with van der Waals surface area (Å²) in [4.78, 5) is 0. The van der Waals surface area contributed by atoms with E-state index < -0.39 is 0 Å². The molecular formula is C27H32O. The van der Waals surface area contributed by atoms with E-state index in [0.29, 0.717) is 5.92 Å². The van der Waals surface area contributed by atoms with Crippen molar-refractivity contribution < 1.29 is 4.74 Å². The third-order valence-electron chi connectivity index (χ3n) is 5.50. The molecule has 1 nitrogen and oxygen atoms in total. The molecule has 0 saturated carbocycles. The largest absolute Gasteiger partial charge is 0.457 e. The van der Waals surface area contributed by atoms with Crippen LogP contribution in [-0.4, -0.2) is 0 Å². The maximum absolute atomic E-state index is 5.97. The molecule has 3 aromatic carbocycles. The van der Waals surface area contributed by atoms with Crippen LogP contribution >= 0.6 is 0 Å². The van der Waals surface area contributed by atoms with Gasteiger partial charge in [0, 0.05) is 0 Å². The van der Waals surface area contributed by atoms with Crippen molar-refractivity contribution in [1.29, 1.82) is 0 Å². The summed E-state index contributed by atoms with van der Waals surface area (Å²) in [5.74, 6) is 2.38. The monoisotopic (exact) mass is 372 g/mol. The summed E-state index contributed by atoms with van der Waals surface area (Å²) >= 11 is 0. The fourth-order valence-corrected chi connectivity index (χ4v) is 3.59. The van der Waals surface area contributed by atoms with E-state index in [-0.39, 0.29) is 5.41 Å². The fraction of sp³-hybridized carbons (Fsp3) is 0.333. The third kappa shape index (κ3) is 5.48. The lowest BCUT2D eigenvalue weighted by Gasteiger charge is -2.26. The van der Waals surface area contributed by atoms with Crippen molar-refractivity contribution in [3.05, 3.63) is 95.6 Å². The highest BCUT2D eigenvalue weighted by Crippen LogP contribution is 2.31. The molecule has 0 unspecified atom stereocenters. The molecule has 0 heterocycles. The van der Waals surface area contributed by atoms with Gasteiger partial charge in [-0.3, -0.25) is 0 Å². The predicted octanol–water partition coefficient (Wildman–Crippen LogP) is 7.90.